The Kier molecular flexibility index (Phi) is 5.11. The van der Waals surface area contributed by atoms with Crippen LogP contribution in [0.25, 0.3) is 0 Å². The van der Waals surface area contributed by atoms with Gasteiger partial charge in [-0.05, 0) is 31.6 Å². The smallest absolute Gasteiger partial charge is 0.251 e. The van der Waals surface area contributed by atoms with Crippen molar-refractivity contribution in [2.24, 2.45) is 0 Å². The molecule has 1 amide bonds. The van der Waals surface area contributed by atoms with Crippen molar-refractivity contribution >= 4 is 23.4 Å². The van der Waals surface area contributed by atoms with Crippen LogP contribution in [-0.2, 0) is 11.3 Å². The zero-order valence-electron chi connectivity index (χ0n) is 11.7. The molecule has 0 aromatic carbocycles. The molecule has 2 unspecified atom stereocenters. The molecule has 0 radical (unpaired) electrons. The van der Waals surface area contributed by atoms with Gasteiger partial charge in [0.1, 0.15) is 6.54 Å². The highest BCUT2D eigenvalue weighted by molar-refractivity contribution is 7.99. The van der Waals surface area contributed by atoms with E-state index in [-0.39, 0.29) is 24.1 Å². The molecular weight excluding hydrogens is 274 g/mol. The SMILES string of the molecule is CSC1CCCC(NC(=O)Cn2cc(N)ccc2=O)C1. The summed E-state index contributed by atoms with van der Waals surface area (Å²) in [6, 6.07) is 3.15. The summed E-state index contributed by atoms with van der Waals surface area (Å²) in [7, 11) is 0. The van der Waals surface area contributed by atoms with Crippen LogP contribution in [0.1, 0.15) is 25.7 Å². The monoisotopic (exact) mass is 295 g/mol. The quantitative estimate of drug-likeness (QED) is 0.875. The molecule has 1 fully saturated rings. The normalized spacial score (nSPS) is 22.4. The molecule has 1 saturated carbocycles. The Balaban J connectivity index is 1.92. The van der Waals surface area contributed by atoms with Crippen molar-refractivity contribution in [3.63, 3.8) is 0 Å². The van der Waals surface area contributed by atoms with Gasteiger partial charge in [-0.3, -0.25) is 9.59 Å². The van der Waals surface area contributed by atoms with Crippen molar-refractivity contribution in [1.29, 1.82) is 0 Å². The number of aromatic nitrogens is 1. The minimum Gasteiger partial charge on any atom is -0.398 e. The van der Waals surface area contributed by atoms with Crippen LogP contribution in [0.2, 0.25) is 0 Å². The van der Waals surface area contributed by atoms with E-state index in [4.69, 9.17) is 5.73 Å². The third-order valence-electron chi connectivity index (χ3n) is 3.64. The lowest BCUT2D eigenvalue weighted by Gasteiger charge is -2.28. The maximum Gasteiger partial charge on any atom is 0.251 e. The van der Waals surface area contributed by atoms with E-state index >= 15 is 0 Å². The Bertz CT molecular complexity index is 529. The summed E-state index contributed by atoms with van der Waals surface area (Å²) >= 11 is 1.86. The second-order valence-electron chi connectivity index (χ2n) is 5.22. The van der Waals surface area contributed by atoms with Gasteiger partial charge >= 0.3 is 0 Å². The minimum absolute atomic E-state index is 0.0321. The summed E-state index contributed by atoms with van der Waals surface area (Å²) in [6.45, 7) is 0.0321. The summed E-state index contributed by atoms with van der Waals surface area (Å²) in [5.74, 6) is -0.121. The Morgan fingerprint density at radius 2 is 2.30 bits per heavy atom. The van der Waals surface area contributed by atoms with Gasteiger partial charge in [-0.1, -0.05) is 6.42 Å². The van der Waals surface area contributed by atoms with E-state index in [1.807, 2.05) is 11.8 Å². The first kappa shape index (κ1) is 15.0. The predicted molar refractivity (Wildman–Crippen MR) is 82.8 cm³/mol. The van der Waals surface area contributed by atoms with Crippen molar-refractivity contribution in [2.45, 2.75) is 43.5 Å². The molecule has 2 atom stereocenters. The fraction of sp³-hybridized carbons (Fsp3) is 0.571. The minimum atomic E-state index is -0.208. The molecular formula is C14H21N3O2S. The van der Waals surface area contributed by atoms with Crippen LogP contribution in [0.4, 0.5) is 5.69 Å². The predicted octanol–water partition coefficient (Wildman–Crippen LogP) is 1.22. The van der Waals surface area contributed by atoms with Crippen LogP contribution >= 0.6 is 11.8 Å². The van der Waals surface area contributed by atoms with E-state index in [1.54, 1.807) is 6.07 Å². The van der Waals surface area contributed by atoms with Crippen molar-refractivity contribution in [3.8, 4) is 0 Å². The van der Waals surface area contributed by atoms with Crippen molar-refractivity contribution < 1.29 is 4.79 Å². The van der Waals surface area contributed by atoms with E-state index < -0.39 is 0 Å². The number of thioether (sulfide) groups is 1. The lowest BCUT2D eigenvalue weighted by Crippen LogP contribution is -2.41. The summed E-state index contributed by atoms with van der Waals surface area (Å²) < 4.78 is 1.35. The topological polar surface area (TPSA) is 77.1 Å². The number of hydrogen-bond donors (Lipinski definition) is 2. The van der Waals surface area contributed by atoms with Crippen LogP contribution in [0.3, 0.4) is 0 Å². The number of amides is 1. The Labute approximate surface area is 122 Å². The van der Waals surface area contributed by atoms with Crippen LogP contribution in [0.15, 0.2) is 23.1 Å². The standard InChI is InChI=1S/C14H21N3O2S/c1-20-12-4-2-3-11(7-12)16-13(18)9-17-8-10(15)5-6-14(17)19/h5-6,8,11-12H,2-4,7,9,15H2,1H3,(H,16,18). The molecule has 0 bridgehead atoms. The molecule has 1 aliphatic carbocycles. The Hall–Kier alpha value is -1.43. The van der Waals surface area contributed by atoms with E-state index in [2.05, 4.69) is 11.6 Å². The summed E-state index contributed by atoms with van der Waals surface area (Å²) in [4.78, 5) is 23.6. The van der Waals surface area contributed by atoms with Crippen LogP contribution < -0.4 is 16.6 Å². The zero-order valence-corrected chi connectivity index (χ0v) is 12.5. The number of pyridine rings is 1. The van der Waals surface area contributed by atoms with Gasteiger partial charge in [-0.2, -0.15) is 11.8 Å². The molecule has 1 heterocycles. The third-order valence-corrected chi connectivity index (χ3v) is 4.74. The van der Waals surface area contributed by atoms with E-state index in [1.165, 1.54) is 23.3 Å². The molecule has 1 aromatic rings. The van der Waals surface area contributed by atoms with Gasteiger partial charge in [0.2, 0.25) is 5.91 Å². The number of nitrogens with one attached hydrogen (secondary N) is 1. The van der Waals surface area contributed by atoms with Crippen molar-refractivity contribution in [3.05, 3.63) is 28.7 Å². The third kappa shape index (κ3) is 4.03. The number of carbonyl (C=O) groups is 1. The lowest BCUT2D eigenvalue weighted by molar-refractivity contribution is -0.122. The molecule has 6 heteroatoms. The molecule has 110 valence electrons. The highest BCUT2D eigenvalue weighted by Gasteiger charge is 2.22. The van der Waals surface area contributed by atoms with Crippen LogP contribution in [0, 0.1) is 0 Å². The van der Waals surface area contributed by atoms with Gasteiger partial charge in [-0.15, -0.1) is 0 Å². The first-order chi connectivity index (χ1) is 9.58. The highest BCUT2D eigenvalue weighted by Crippen LogP contribution is 2.26. The largest absolute Gasteiger partial charge is 0.398 e. The number of nitrogens with zero attached hydrogens (tertiary/aromatic N) is 1. The second kappa shape index (κ2) is 6.83. The summed E-state index contributed by atoms with van der Waals surface area (Å²) in [6.07, 6.45) is 8.03. The maximum absolute atomic E-state index is 12.0. The molecule has 0 saturated heterocycles. The van der Waals surface area contributed by atoms with Crippen LogP contribution in [0.5, 0.6) is 0 Å². The fourth-order valence-corrected chi connectivity index (χ4v) is 3.42. The van der Waals surface area contributed by atoms with Crippen molar-refractivity contribution in [2.75, 3.05) is 12.0 Å². The molecule has 0 aliphatic heterocycles. The van der Waals surface area contributed by atoms with Gasteiger partial charge in [0, 0.05) is 29.2 Å². The Morgan fingerprint density at radius 1 is 1.50 bits per heavy atom. The van der Waals surface area contributed by atoms with Gasteiger partial charge in [-0.25, -0.2) is 0 Å². The summed E-state index contributed by atoms with van der Waals surface area (Å²) in [5.41, 5.74) is 5.90. The highest BCUT2D eigenvalue weighted by atomic mass is 32.2. The van der Waals surface area contributed by atoms with Gasteiger partial charge < -0.3 is 15.6 Å². The fourth-order valence-electron chi connectivity index (χ4n) is 2.59. The molecule has 2 rings (SSSR count). The average molecular weight is 295 g/mol. The average Bonchev–Trinajstić information content (AvgIpc) is 2.43. The van der Waals surface area contributed by atoms with Gasteiger partial charge in [0.05, 0.1) is 0 Å². The molecule has 5 nitrogen and oxygen atoms in total. The van der Waals surface area contributed by atoms with E-state index in [0.717, 1.165) is 19.3 Å². The molecule has 1 aromatic heterocycles. The van der Waals surface area contributed by atoms with Crippen LogP contribution in [-0.4, -0.2) is 28.0 Å². The van der Waals surface area contributed by atoms with E-state index in [9.17, 15) is 9.59 Å². The molecule has 0 spiro atoms. The Morgan fingerprint density at radius 3 is 3.05 bits per heavy atom. The second-order valence-corrected chi connectivity index (χ2v) is 6.36. The number of hydrogen-bond acceptors (Lipinski definition) is 4. The zero-order chi connectivity index (χ0) is 14.5. The first-order valence-electron chi connectivity index (χ1n) is 6.86. The van der Waals surface area contributed by atoms with Gasteiger partial charge in [0.15, 0.2) is 0 Å². The van der Waals surface area contributed by atoms with E-state index in [0.29, 0.717) is 10.9 Å². The number of anilines is 1. The first-order valence-corrected chi connectivity index (χ1v) is 8.15. The number of nitrogens with two attached hydrogens (primary N) is 1. The molecule has 20 heavy (non-hydrogen) atoms. The molecule has 1 aliphatic rings. The van der Waals surface area contributed by atoms with Crippen molar-refractivity contribution in [1.82, 2.24) is 9.88 Å². The molecule has 3 N–H and O–H groups in total. The van der Waals surface area contributed by atoms with Gasteiger partial charge in [0.25, 0.3) is 5.56 Å². The number of rotatable bonds is 4. The number of carbonyl (C=O) groups excluding carboxylic acids is 1. The maximum atomic E-state index is 12.0. The lowest BCUT2D eigenvalue weighted by atomic mass is 9.95. The summed E-state index contributed by atoms with van der Waals surface area (Å²) in [5, 5.41) is 3.65. The number of nitrogen functional groups attached to an aromatic ring is 1.